The average molecular weight is 783 g/mol. The molecule has 1 saturated heterocycles. The van der Waals surface area contributed by atoms with E-state index >= 15 is 0 Å². The second kappa shape index (κ2) is 14.7. The van der Waals surface area contributed by atoms with Gasteiger partial charge in [0.05, 0.1) is 21.8 Å². The summed E-state index contributed by atoms with van der Waals surface area (Å²) in [5.74, 6) is -2.57. The minimum absolute atomic E-state index is 0.0977. The monoisotopic (exact) mass is 781 g/mol. The summed E-state index contributed by atoms with van der Waals surface area (Å²) in [5.41, 5.74) is -0.742. The highest BCUT2D eigenvalue weighted by Crippen LogP contribution is 2.46. The molecule has 1 aromatic carbocycles. The van der Waals surface area contributed by atoms with Gasteiger partial charge in [0.25, 0.3) is 5.91 Å². The highest BCUT2D eigenvalue weighted by atomic mass is 35.5. The number of carbonyl (C=O) groups is 5. The van der Waals surface area contributed by atoms with Crippen LogP contribution in [0.4, 0.5) is 9.59 Å². The van der Waals surface area contributed by atoms with Gasteiger partial charge in [-0.15, -0.1) is 0 Å². The minimum atomic E-state index is -3.91. The summed E-state index contributed by atoms with van der Waals surface area (Å²) in [7, 11) is -3.91. The summed E-state index contributed by atoms with van der Waals surface area (Å²) in [6, 6.07) is 1.13. The van der Waals surface area contributed by atoms with Crippen molar-refractivity contribution in [2.75, 3.05) is 6.54 Å². The Morgan fingerprint density at radius 3 is 2.31 bits per heavy atom. The van der Waals surface area contributed by atoms with Crippen LogP contribution in [0.3, 0.4) is 0 Å². The van der Waals surface area contributed by atoms with Crippen molar-refractivity contribution in [3.05, 3.63) is 45.5 Å². The Kier molecular flexibility index (Phi) is 10.8. The molecule has 52 heavy (non-hydrogen) atoms. The largest absolute Gasteiger partial charge is 0.444 e. The van der Waals surface area contributed by atoms with Crippen molar-refractivity contribution < 1.29 is 41.9 Å². The van der Waals surface area contributed by atoms with E-state index in [0.29, 0.717) is 35.7 Å². The number of amides is 5. The molecule has 3 fully saturated rings. The Labute approximate surface area is 313 Å². The number of allylic oxidation sites excluding steroid dienone is 1. The van der Waals surface area contributed by atoms with Gasteiger partial charge in [0, 0.05) is 25.4 Å². The third-order valence-corrected chi connectivity index (χ3v) is 12.6. The molecule has 0 unspecified atom stereocenters. The van der Waals surface area contributed by atoms with Gasteiger partial charge in [0.15, 0.2) is 0 Å². The smallest absolute Gasteiger partial charge is 0.410 e. The number of alkyl carbamates (subject to hydrolysis) is 1. The van der Waals surface area contributed by atoms with Gasteiger partial charge in [-0.2, -0.15) is 0 Å². The van der Waals surface area contributed by atoms with Crippen molar-refractivity contribution in [2.45, 2.75) is 126 Å². The maximum absolute atomic E-state index is 14.3. The lowest BCUT2D eigenvalue weighted by Crippen LogP contribution is -2.58. The van der Waals surface area contributed by atoms with Crippen LogP contribution >= 0.6 is 23.2 Å². The molecule has 5 aliphatic rings. The molecule has 6 rings (SSSR count). The zero-order valence-corrected chi connectivity index (χ0v) is 31.7. The van der Waals surface area contributed by atoms with Crippen LogP contribution in [-0.2, 0) is 47.0 Å². The highest BCUT2D eigenvalue weighted by Gasteiger charge is 2.62. The fraction of sp³-hybridized carbons (Fsp3) is 0.629. The fourth-order valence-electron chi connectivity index (χ4n) is 7.03. The van der Waals surface area contributed by atoms with Crippen LogP contribution in [0.1, 0.15) is 89.7 Å². The minimum Gasteiger partial charge on any atom is -0.444 e. The molecule has 0 aromatic heterocycles. The molecule has 1 aromatic rings. The van der Waals surface area contributed by atoms with Gasteiger partial charge in [0.2, 0.25) is 21.8 Å². The molecule has 3 N–H and O–H groups in total. The van der Waals surface area contributed by atoms with Gasteiger partial charge >= 0.3 is 12.2 Å². The van der Waals surface area contributed by atoms with Gasteiger partial charge in [-0.1, -0.05) is 48.2 Å². The van der Waals surface area contributed by atoms with Gasteiger partial charge in [-0.3, -0.25) is 24.0 Å². The van der Waals surface area contributed by atoms with Crippen LogP contribution in [0, 0.1) is 5.92 Å². The van der Waals surface area contributed by atoms with Crippen LogP contribution in [-0.4, -0.2) is 89.2 Å². The van der Waals surface area contributed by atoms with Crippen molar-refractivity contribution in [1.29, 1.82) is 0 Å². The van der Waals surface area contributed by atoms with Crippen LogP contribution in [0.25, 0.3) is 0 Å². The maximum atomic E-state index is 14.3. The fourth-order valence-corrected chi connectivity index (χ4v) is 8.77. The molecule has 2 aliphatic carbocycles. The van der Waals surface area contributed by atoms with E-state index in [9.17, 15) is 32.4 Å². The van der Waals surface area contributed by atoms with Crippen molar-refractivity contribution in [2.24, 2.45) is 5.92 Å². The lowest BCUT2D eigenvalue weighted by Gasteiger charge is -2.30. The van der Waals surface area contributed by atoms with Gasteiger partial charge < -0.3 is 25.0 Å². The number of sulfonamides is 1. The molecule has 14 nitrogen and oxygen atoms in total. The first kappa shape index (κ1) is 38.2. The Balaban J connectivity index is 1.25. The van der Waals surface area contributed by atoms with Crippen LogP contribution < -0.4 is 15.4 Å². The summed E-state index contributed by atoms with van der Waals surface area (Å²) >= 11 is 12.4. The summed E-state index contributed by atoms with van der Waals surface area (Å²) < 4.78 is 39.0. The number of ether oxygens (including phenoxy) is 2. The van der Waals surface area contributed by atoms with E-state index in [4.69, 9.17) is 32.7 Å². The molecule has 2 saturated carbocycles. The molecule has 5 amide bonds. The third-order valence-electron chi connectivity index (χ3n) is 10.0. The molecule has 0 spiro atoms. The number of hydrogen-bond donors (Lipinski definition) is 3. The Hall–Kier alpha value is -3.56. The van der Waals surface area contributed by atoms with Crippen molar-refractivity contribution >= 4 is 63.1 Å². The predicted molar refractivity (Wildman–Crippen MR) is 191 cm³/mol. The van der Waals surface area contributed by atoms with E-state index in [0.717, 1.165) is 24.0 Å². The number of hydrogen-bond acceptors (Lipinski definition) is 9. The zero-order chi connectivity index (χ0) is 37.6. The van der Waals surface area contributed by atoms with Gasteiger partial charge in [-0.05, 0) is 82.6 Å². The number of nitrogens with zero attached hydrogens (tertiary/aromatic N) is 2. The van der Waals surface area contributed by atoms with Crippen LogP contribution in [0.2, 0.25) is 10.0 Å². The predicted octanol–water partition coefficient (Wildman–Crippen LogP) is 4.31. The van der Waals surface area contributed by atoms with Gasteiger partial charge in [0.1, 0.15) is 29.3 Å². The van der Waals surface area contributed by atoms with Crippen LogP contribution in [0.15, 0.2) is 24.3 Å². The lowest BCUT2D eigenvalue weighted by molar-refractivity contribution is -0.141. The van der Waals surface area contributed by atoms with Crippen LogP contribution in [0.5, 0.6) is 0 Å². The van der Waals surface area contributed by atoms with E-state index in [-0.39, 0.29) is 38.9 Å². The lowest BCUT2D eigenvalue weighted by atomic mass is 10.0. The standard InChI is InChI=1S/C35H45Cl2N5O9S/c1-34(2,3)51-32(46)38-27-10-8-6-4-5-7-9-22-16-35(22,31(45)40-52(48,49)24-11-12-24)39-29(43)28-15-23(19-42(28)30(27)44)50-33(47)41-17-20-13-25(36)26(37)14-21(20)18-41/h7,9,13-14,22-24,27-28H,4-6,8,10-12,15-19H2,1-3H3,(H,38,46)(H,39,43)(H,40,45)/t22-,23+,27-,28-,35+/m0/s1. The Morgan fingerprint density at radius 1 is 1.00 bits per heavy atom. The second-order valence-electron chi connectivity index (χ2n) is 15.4. The number of rotatable bonds is 5. The second-order valence-corrected chi connectivity index (χ2v) is 18.1. The topological polar surface area (TPSA) is 181 Å². The molecule has 3 aliphatic heterocycles. The molecular formula is C35H45Cl2N5O9S. The van der Waals surface area contributed by atoms with E-state index in [1.54, 1.807) is 32.9 Å². The SMILES string of the molecule is CC(C)(C)OC(=O)N[C@H]1CCCCCC=C[C@H]2C[C@@]2(C(=O)NS(=O)(=O)C2CC2)NC(=O)[C@@H]2C[C@@H](OC(=O)N3Cc4cc(Cl)c(Cl)cc4C3)CN2C1=O. The molecule has 0 bridgehead atoms. The van der Waals surface area contributed by atoms with E-state index in [2.05, 4.69) is 15.4 Å². The maximum Gasteiger partial charge on any atom is 0.410 e. The first-order valence-electron chi connectivity index (χ1n) is 17.7. The summed E-state index contributed by atoms with van der Waals surface area (Å²) in [6.45, 7) is 5.39. The first-order valence-corrected chi connectivity index (χ1v) is 20.0. The first-order chi connectivity index (χ1) is 24.5. The Bertz CT molecular complexity index is 1750. The molecule has 17 heteroatoms. The van der Waals surface area contributed by atoms with Crippen molar-refractivity contribution in [3.63, 3.8) is 0 Å². The zero-order valence-electron chi connectivity index (χ0n) is 29.4. The number of fused-ring (bicyclic) bond motifs is 3. The molecule has 0 radical (unpaired) electrons. The average Bonchev–Trinajstić information content (AvgIpc) is 3.94. The third kappa shape index (κ3) is 8.62. The van der Waals surface area contributed by atoms with E-state index < -0.39 is 80.4 Å². The number of benzene rings is 1. The van der Waals surface area contributed by atoms with Crippen molar-refractivity contribution in [3.8, 4) is 0 Å². The van der Waals surface area contributed by atoms with E-state index in [1.807, 2.05) is 12.2 Å². The Morgan fingerprint density at radius 2 is 1.67 bits per heavy atom. The molecule has 3 heterocycles. The number of halogens is 2. The quantitative estimate of drug-likeness (QED) is 0.367. The molecular weight excluding hydrogens is 737 g/mol. The van der Waals surface area contributed by atoms with E-state index in [1.165, 1.54) is 9.80 Å². The normalized spacial score (nSPS) is 28.0. The summed E-state index contributed by atoms with van der Waals surface area (Å²) in [6.07, 6.45) is 5.36. The molecule has 284 valence electrons. The number of nitrogens with one attached hydrogen (secondary N) is 3. The summed E-state index contributed by atoms with van der Waals surface area (Å²) in [4.78, 5) is 71.2. The van der Waals surface area contributed by atoms with Gasteiger partial charge in [-0.25, -0.2) is 18.0 Å². The molecule has 5 atom stereocenters. The van der Waals surface area contributed by atoms with Crippen molar-refractivity contribution in [1.82, 2.24) is 25.2 Å². The summed E-state index contributed by atoms with van der Waals surface area (Å²) in [5, 5.41) is 5.56. The number of carbonyl (C=O) groups excluding carboxylic acids is 5. The highest BCUT2D eigenvalue weighted by molar-refractivity contribution is 7.91.